The normalized spacial score (nSPS) is 19.2. The molecule has 2 aliphatic heterocycles. The summed E-state index contributed by atoms with van der Waals surface area (Å²) in [7, 11) is 0. The van der Waals surface area contributed by atoms with Crippen LogP contribution in [0.2, 0.25) is 0 Å². The molecule has 3 heteroatoms. The van der Waals surface area contributed by atoms with Crippen molar-refractivity contribution in [1.82, 2.24) is 0 Å². The molecule has 0 spiro atoms. The largest absolute Gasteiger partial charge is 0.453 e. The molecular weight excluding hydrogens is 488 g/mol. The van der Waals surface area contributed by atoms with Crippen LogP contribution in [-0.2, 0) is 0 Å². The lowest BCUT2D eigenvalue weighted by Gasteiger charge is -2.36. The number of para-hydroxylation sites is 1. The number of fused-ring (bicyclic) bond motifs is 5. The lowest BCUT2D eigenvalue weighted by atomic mass is 9.92. The van der Waals surface area contributed by atoms with Crippen molar-refractivity contribution in [2.75, 3.05) is 10.2 Å². The van der Waals surface area contributed by atoms with Crippen molar-refractivity contribution < 1.29 is 4.74 Å². The summed E-state index contributed by atoms with van der Waals surface area (Å²) in [6, 6.07) is 23.9. The molecule has 1 atom stereocenters. The number of anilines is 3. The predicted octanol–water partition coefficient (Wildman–Crippen LogP) is 9.86. The van der Waals surface area contributed by atoms with Gasteiger partial charge in [-0.25, -0.2) is 0 Å². The van der Waals surface area contributed by atoms with E-state index in [0.717, 1.165) is 47.0 Å². The summed E-state index contributed by atoms with van der Waals surface area (Å²) < 4.78 is 6.52. The predicted molar refractivity (Wildman–Crippen MR) is 167 cm³/mol. The third kappa shape index (κ3) is 4.15. The van der Waals surface area contributed by atoms with Crippen molar-refractivity contribution in [3.05, 3.63) is 155 Å². The van der Waals surface area contributed by atoms with E-state index in [0.29, 0.717) is 0 Å². The van der Waals surface area contributed by atoms with E-state index in [2.05, 4.69) is 145 Å². The van der Waals surface area contributed by atoms with Crippen LogP contribution in [0.1, 0.15) is 38.2 Å². The first-order valence-corrected chi connectivity index (χ1v) is 14.1. The highest BCUT2D eigenvalue weighted by molar-refractivity contribution is 5.83. The molecule has 3 aromatic carbocycles. The molecule has 3 nitrogen and oxygen atoms in total. The summed E-state index contributed by atoms with van der Waals surface area (Å²) in [4.78, 5) is 2.33. The number of ether oxygens (including phenoxy) is 1. The van der Waals surface area contributed by atoms with Crippen molar-refractivity contribution in [1.29, 1.82) is 0 Å². The van der Waals surface area contributed by atoms with Gasteiger partial charge in [-0.1, -0.05) is 72.9 Å². The Morgan fingerprint density at radius 1 is 0.825 bits per heavy atom. The number of nitrogens with zero attached hydrogens (tertiary/aromatic N) is 1. The molecule has 196 valence electrons. The van der Waals surface area contributed by atoms with Crippen molar-refractivity contribution in [3.63, 3.8) is 0 Å². The zero-order valence-corrected chi connectivity index (χ0v) is 22.9. The van der Waals surface area contributed by atoms with Crippen LogP contribution in [0.5, 0.6) is 5.75 Å². The number of rotatable bonds is 4. The molecule has 0 saturated carbocycles. The Kier molecular flexibility index (Phi) is 6.13. The third-order valence-corrected chi connectivity index (χ3v) is 7.91. The van der Waals surface area contributed by atoms with Gasteiger partial charge < -0.3 is 15.0 Å². The fourth-order valence-electron chi connectivity index (χ4n) is 6.05. The molecule has 0 aromatic heterocycles. The molecule has 0 saturated heterocycles. The summed E-state index contributed by atoms with van der Waals surface area (Å²) in [5.74, 6) is 2.01. The Labute approximate surface area is 236 Å². The molecule has 40 heavy (non-hydrogen) atoms. The number of hydrogen-bond donors (Lipinski definition) is 1. The van der Waals surface area contributed by atoms with Crippen LogP contribution < -0.4 is 15.0 Å². The topological polar surface area (TPSA) is 24.5 Å². The van der Waals surface area contributed by atoms with E-state index in [-0.39, 0.29) is 5.92 Å². The van der Waals surface area contributed by atoms with Gasteiger partial charge in [-0.15, -0.1) is 0 Å². The zero-order valence-electron chi connectivity index (χ0n) is 22.9. The average Bonchev–Trinajstić information content (AvgIpc) is 3.25. The second-order valence-electron chi connectivity index (χ2n) is 10.5. The Balaban J connectivity index is 1.29. The maximum Gasteiger partial charge on any atom is 0.152 e. The highest BCUT2D eigenvalue weighted by Gasteiger charge is 2.30. The lowest BCUT2D eigenvalue weighted by molar-refractivity contribution is 0.417. The van der Waals surface area contributed by atoms with Gasteiger partial charge in [0.1, 0.15) is 5.76 Å². The molecule has 3 aromatic rings. The van der Waals surface area contributed by atoms with Crippen LogP contribution in [0.3, 0.4) is 0 Å². The molecule has 1 N–H and O–H groups in total. The fourth-order valence-corrected chi connectivity index (χ4v) is 6.05. The highest BCUT2D eigenvalue weighted by Crippen LogP contribution is 2.48. The maximum atomic E-state index is 6.52. The molecule has 2 heterocycles. The molecule has 0 fully saturated rings. The summed E-state index contributed by atoms with van der Waals surface area (Å²) in [6.07, 6.45) is 21.9. The van der Waals surface area contributed by atoms with Gasteiger partial charge in [0.2, 0.25) is 0 Å². The van der Waals surface area contributed by atoms with Crippen LogP contribution >= 0.6 is 0 Å². The van der Waals surface area contributed by atoms with Gasteiger partial charge in [-0.2, -0.15) is 0 Å². The Bertz CT molecular complexity index is 1710. The first-order chi connectivity index (χ1) is 19.7. The van der Waals surface area contributed by atoms with Gasteiger partial charge >= 0.3 is 0 Å². The van der Waals surface area contributed by atoms with Gasteiger partial charge in [-0.05, 0) is 103 Å². The molecule has 0 radical (unpaired) electrons. The molecular formula is C37H32N2O. The third-order valence-electron chi connectivity index (χ3n) is 7.91. The smallest absolute Gasteiger partial charge is 0.152 e. The minimum absolute atomic E-state index is 0.183. The Morgan fingerprint density at radius 3 is 2.45 bits per heavy atom. The second kappa shape index (κ2) is 10.1. The number of allylic oxidation sites excluding steroid dienone is 11. The van der Waals surface area contributed by atoms with Crippen molar-refractivity contribution in [2.45, 2.75) is 32.6 Å². The Morgan fingerprint density at radius 2 is 1.60 bits per heavy atom. The van der Waals surface area contributed by atoms with Gasteiger partial charge in [0, 0.05) is 23.0 Å². The molecule has 2 aliphatic carbocycles. The molecule has 4 aliphatic rings. The minimum Gasteiger partial charge on any atom is -0.453 e. The first-order valence-electron chi connectivity index (χ1n) is 14.1. The van der Waals surface area contributed by atoms with Crippen LogP contribution in [0, 0.1) is 0 Å². The molecule has 7 rings (SSSR count). The van der Waals surface area contributed by atoms with Gasteiger partial charge in [0.15, 0.2) is 5.75 Å². The van der Waals surface area contributed by atoms with E-state index in [1.54, 1.807) is 0 Å². The quantitative estimate of drug-likeness (QED) is 0.370. The van der Waals surface area contributed by atoms with E-state index in [1.165, 1.54) is 33.7 Å². The van der Waals surface area contributed by atoms with Crippen LogP contribution in [0.4, 0.5) is 17.1 Å². The zero-order chi connectivity index (χ0) is 27.1. The van der Waals surface area contributed by atoms with E-state index in [9.17, 15) is 0 Å². The fraction of sp³-hybridized carbons (Fsp3) is 0.135. The second-order valence-corrected chi connectivity index (χ2v) is 10.5. The number of benzene rings is 3. The summed E-state index contributed by atoms with van der Waals surface area (Å²) in [5, 5.41) is 3.66. The molecule has 0 amide bonds. The number of hydrogen-bond acceptors (Lipinski definition) is 3. The monoisotopic (exact) mass is 520 g/mol. The van der Waals surface area contributed by atoms with E-state index in [1.807, 2.05) is 0 Å². The summed E-state index contributed by atoms with van der Waals surface area (Å²) in [5.41, 5.74) is 11.8. The minimum atomic E-state index is 0.183. The first kappa shape index (κ1) is 24.3. The number of nitrogens with one attached hydrogen (secondary N) is 1. The summed E-state index contributed by atoms with van der Waals surface area (Å²) in [6.45, 7) is 4.14. The SMILES string of the molecule is C/C=C\C1=CC=C2Nc3ccc(-c4ccc5c(c4)OC4=CCCC=C4N5c4ccccc4)cc3C2C=C1/C=C\C. The van der Waals surface area contributed by atoms with E-state index in [4.69, 9.17) is 4.74 Å². The van der Waals surface area contributed by atoms with Crippen molar-refractivity contribution in [3.8, 4) is 16.9 Å². The lowest BCUT2D eigenvalue weighted by Crippen LogP contribution is -2.26. The standard InChI is InChI=1S/C37H32N2O/c1-3-10-25-16-19-32-30(22-26(25)11-4-2)31-23-27(17-20-33(31)38-32)28-18-21-35-37(24-28)40-36-15-9-8-14-34(36)39(35)29-12-6-5-7-13-29/h3-7,10-24,30,38H,8-9H2,1-2H3/b10-3-,11-4-. The van der Waals surface area contributed by atoms with Crippen molar-refractivity contribution >= 4 is 17.1 Å². The van der Waals surface area contributed by atoms with Gasteiger partial charge in [-0.3, -0.25) is 0 Å². The van der Waals surface area contributed by atoms with E-state index >= 15 is 0 Å². The van der Waals surface area contributed by atoms with Gasteiger partial charge in [0.25, 0.3) is 0 Å². The van der Waals surface area contributed by atoms with E-state index < -0.39 is 0 Å². The average molecular weight is 521 g/mol. The van der Waals surface area contributed by atoms with Crippen LogP contribution in [-0.4, -0.2) is 0 Å². The van der Waals surface area contributed by atoms with Crippen molar-refractivity contribution in [2.24, 2.45) is 0 Å². The van der Waals surface area contributed by atoms with Crippen LogP contribution in [0.15, 0.2) is 150 Å². The summed E-state index contributed by atoms with van der Waals surface area (Å²) >= 11 is 0. The Hall–Kier alpha value is -4.76. The van der Waals surface area contributed by atoms with Gasteiger partial charge in [0.05, 0.1) is 11.4 Å². The maximum absolute atomic E-state index is 6.52. The molecule has 0 bridgehead atoms. The highest BCUT2D eigenvalue weighted by atomic mass is 16.5. The van der Waals surface area contributed by atoms with Crippen LogP contribution in [0.25, 0.3) is 11.1 Å². The molecule has 1 unspecified atom stereocenters.